The lowest BCUT2D eigenvalue weighted by Crippen LogP contribution is -2.18. The summed E-state index contributed by atoms with van der Waals surface area (Å²) in [6.07, 6.45) is 3.24. The van der Waals surface area contributed by atoms with Crippen LogP contribution < -0.4 is 5.43 Å². The summed E-state index contributed by atoms with van der Waals surface area (Å²) >= 11 is 0. The normalized spacial score (nSPS) is 11.0. The van der Waals surface area contributed by atoms with Crippen LogP contribution in [-0.2, 0) is 0 Å². The Morgan fingerprint density at radius 2 is 1.96 bits per heavy atom. The number of hydrazone groups is 1. The van der Waals surface area contributed by atoms with Crippen LogP contribution in [0, 0.1) is 20.8 Å². The summed E-state index contributed by atoms with van der Waals surface area (Å²) in [4.78, 5) is 16.0. The number of hydrogen-bond donors (Lipinski definition) is 1. The minimum absolute atomic E-state index is 0.329. The van der Waals surface area contributed by atoms with Gasteiger partial charge in [0.15, 0.2) is 0 Å². The van der Waals surface area contributed by atoms with Gasteiger partial charge in [-0.25, -0.2) is 5.43 Å². The summed E-state index contributed by atoms with van der Waals surface area (Å²) in [7, 11) is 0. The Bertz CT molecular complexity index is 926. The Hall–Kier alpha value is -3.21. The maximum absolute atomic E-state index is 12.0. The summed E-state index contributed by atoms with van der Waals surface area (Å²) in [5.41, 5.74) is 8.32. The zero-order valence-electron chi connectivity index (χ0n) is 14.5. The lowest BCUT2D eigenvalue weighted by atomic mass is 10.2. The molecular formula is C20H20N4O. The summed E-state index contributed by atoms with van der Waals surface area (Å²) in [6.45, 7) is 6.17. The third-order valence-corrected chi connectivity index (χ3v) is 4.00. The molecule has 0 saturated heterocycles. The van der Waals surface area contributed by atoms with E-state index in [0.29, 0.717) is 5.69 Å². The highest BCUT2D eigenvalue weighted by atomic mass is 16.2. The summed E-state index contributed by atoms with van der Waals surface area (Å²) in [5, 5.41) is 4.07. The maximum Gasteiger partial charge on any atom is 0.289 e. The van der Waals surface area contributed by atoms with Gasteiger partial charge in [0.2, 0.25) is 0 Å². The molecule has 0 fully saturated rings. The molecule has 0 saturated carbocycles. The SMILES string of the molecule is Cc1cccc(-n2c(C)cc(C=NNC(=O)c3ccccn3)c2C)c1. The Labute approximate surface area is 147 Å². The number of amides is 1. The molecule has 3 rings (SSSR count). The minimum Gasteiger partial charge on any atom is -0.318 e. The quantitative estimate of drug-likeness (QED) is 0.586. The van der Waals surface area contributed by atoms with Crippen LogP contribution in [0.25, 0.3) is 5.69 Å². The molecule has 0 atom stereocenters. The van der Waals surface area contributed by atoms with Crippen molar-refractivity contribution in [3.05, 3.63) is 82.9 Å². The van der Waals surface area contributed by atoms with E-state index < -0.39 is 0 Å². The fourth-order valence-electron chi connectivity index (χ4n) is 2.80. The molecule has 126 valence electrons. The van der Waals surface area contributed by atoms with Gasteiger partial charge in [-0.15, -0.1) is 0 Å². The molecular weight excluding hydrogens is 312 g/mol. The molecule has 1 amide bonds. The van der Waals surface area contributed by atoms with Gasteiger partial charge in [0, 0.05) is 28.8 Å². The first-order chi connectivity index (χ1) is 12.1. The van der Waals surface area contributed by atoms with Crippen molar-refractivity contribution in [2.45, 2.75) is 20.8 Å². The lowest BCUT2D eigenvalue weighted by Gasteiger charge is -2.10. The zero-order chi connectivity index (χ0) is 17.8. The van der Waals surface area contributed by atoms with E-state index in [1.165, 1.54) is 5.56 Å². The van der Waals surface area contributed by atoms with Gasteiger partial charge < -0.3 is 4.57 Å². The Morgan fingerprint density at radius 3 is 2.68 bits per heavy atom. The topological polar surface area (TPSA) is 59.3 Å². The zero-order valence-corrected chi connectivity index (χ0v) is 14.5. The van der Waals surface area contributed by atoms with Crippen molar-refractivity contribution in [1.82, 2.24) is 15.0 Å². The smallest absolute Gasteiger partial charge is 0.289 e. The molecule has 0 aliphatic carbocycles. The summed E-state index contributed by atoms with van der Waals surface area (Å²) in [5.74, 6) is -0.329. The van der Waals surface area contributed by atoms with E-state index in [-0.39, 0.29) is 5.91 Å². The van der Waals surface area contributed by atoms with E-state index in [1.54, 1.807) is 30.6 Å². The number of carbonyl (C=O) groups is 1. The van der Waals surface area contributed by atoms with Crippen molar-refractivity contribution in [3.63, 3.8) is 0 Å². The molecule has 0 radical (unpaired) electrons. The van der Waals surface area contributed by atoms with Crippen molar-refractivity contribution in [1.29, 1.82) is 0 Å². The Kier molecular flexibility index (Phi) is 4.75. The van der Waals surface area contributed by atoms with Crippen LogP contribution in [0.5, 0.6) is 0 Å². The van der Waals surface area contributed by atoms with Crippen LogP contribution in [0.15, 0.2) is 59.8 Å². The van der Waals surface area contributed by atoms with Crippen molar-refractivity contribution < 1.29 is 4.79 Å². The monoisotopic (exact) mass is 332 g/mol. The van der Waals surface area contributed by atoms with E-state index in [0.717, 1.165) is 22.6 Å². The second-order valence-corrected chi connectivity index (χ2v) is 5.91. The van der Waals surface area contributed by atoms with E-state index in [4.69, 9.17) is 0 Å². The second kappa shape index (κ2) is 7.13. The molecule has 1 aromatic carbocycles. The fraction of sp³-hybridized carbons (Fsp3) is 0.150. The minimum atomic E-state index is -0.329. The Morgan fingerprint density at radius 1 is 1.12 bits per heavy atom. The fourth-order valence-corrected chi connectivity index (χ4v) is 2.80. The highest BCUT2D eigenvalue weighted by molar-refractivity contribution is 5.93. The molecule has 1 N–H and O–H groups in total. The summed E-state index contributed by atoms with van der Waals surface area (Å²) in [6, 6.07) is 15.6. The van der Waals surface area contributed by atoms with Crippen molar-refractivity contribution in [3.8, 4) is 5.69 Å². The van der Waals surface area contributed by atoms with E-state index >= 15 is 0 Å². The van der Waals surface area contributed by atoms with E-state index in [1.807, 2.05) is 19.1 Å². The predicted octanol–water partition coefficient (Wildman–Crippen LogP) is 3.56. The van der Waals surface area contributed by atoms with Gasteiger partial charge in [0.1, 0.15) is 5.69 Å². The maximum atomic E-state index is 12.0. The van der Waals surface area contributed by atoms with Crippen LogP contribution in [0.2, 0.25) is 0 Å². The molecule has 2 aromatic heterocycles. The number of nitrogens with one attached hydrogen (secondary N) is 1. The predicted molar refractivity (Wildman–Crippen MR) is 99.3 cm³/mol. The molecule has 5 heteroatoms. The number of carbonyl (C=O) groups excluding carboxylic acids is 1. The third-order valence-electron chi connectivity index (χ3n) is 4.00. The number of aromatic nitrogens is 2. The van der Waals surface area contributed by atoms with Crippen LogP contribution in [0.3, 0.4) is 0 Å². The van der Waals surface area contributed by atoms with Crippen LogP contribution in [0.4, 0.5) is 0 Å². The molecule has 0 aliphatic heterocycles. The number of benzene rings is 1. The molecule has 0 aliphatic rings. The van der Waals surface area contributed by atoms with Crippen molar-refractivity contribution in [2.24, 2.45) is 5.10 Å². The third kappa shape index (κ3) is 3.66. The average Bonchev–Trinajstić information content (AvgIpc) is 2.89. The van der Waals surface area contributed by atoms with Gasteiger partial charge in [0.05, 0.1) is 6.21 Å². The number of nitrogens with zero attached hydrogens (tertiary/aromatic N) is 3. The molecule has 0 spiro atoms. The van der Waals surface area contributed by atoms with Gasteiger partial charge in [-0.1, -0.05) is 18.2 Å². The standard InChI is InChI=1S/C20H20N4O/c1-14-7-6-8-18(11-14)24-15(2)12-17(16(24)3)13-22-23-20(25)19-9-4-5-10-21-19/h4-13H,1-3H3,(H,23,25). The molecule has 5 nitrogen and oxygen atoms in total. The molecule has 0 bridgehead atoms. The molecule has 2 heterocycles. The molecule has 0 unspecified atom stereocenters. The molecule has 25 heavy (non-hydrogen) atoms. The number of hydrogen-bond acceptors (Lipinski definition) is 3. The van der Waals surface area contributed by atoms with E-state index in [2.05, 4.69) is 52.1 Å². The highest BCUT2D eigenvalue weighted by Crippen LogP contribution is 2.20. The first kappa shape index (κ1) is 16.6. The first-order valence-electron chi connectivity index (χ1n) is 8.06. The van der Waals surface area contributed by atoms with Gasteiger partial charge in [-0.3, -0.25) is 9.78 Å². The van der Waals surface area contributed by atoms with Gasteiger partial charge in [-0.2, -0.15) is 5.10 Å². The first-order valence-corrected chi connectivity index (χ1v) is 8.06. The number of aryl methyl sites for hydroxylation is 2. The second-order valence-electron chi connectivity index (χ2n) is 5.91. The number of rotatable bonds is 4. The Balaban J connectivity index is 1.80. The van der Waals surface area contributed by atoms with Crippen LogP contribution in [0.1, 0.15) is 33.0 Å². The lowest BCUT2D eigenvalue weighted by molar-refractivity contribution is 0.0950. The summed E-state index contributed by atoms with van der Waals surface area (Å²) < 4.78 is 2.18. The van der Waals surface area contributed by atoms with Crippen LogP contribution >= 0.6 is 0 Å². The largest absolute Gasteiger partial charge is 0.318 e. The average molecular weight is 332 g/mol. The van der Waals surface area contributed by atoms with Crippen LogP contribution in [-0.4, -0.2) is 21.7 Å². The van der Waals surface area contributed by atoms with Crippen molar-refractivity contribution in [2.75, 3.05) is 0 Å². The van der Waals surface area contributed by atoms with Gasteiger partial charge in [-0.05, 0) is 56.7 Å². The van der Waals surface area contributed by atoms with E-state index in [9.17, 15) is 4.79 Å². The van der Waals surface area contributed by atoms with Crippen molar-refractivity contribution >= 4 is 12.1 Å². The molecule has 3 aromatic rings. The highest BCUT2D eigenvalue weighted by Gasteiger charge is 2.10. The van der Waals surface area contributed by atoms with Gasteiger partial charge >= 0.3 is 0 Å². The number of pyridine rings is 1. The van der Waals surface area contributed by atoms with Gasteiger partial charge in [0.25, 0.3) is 5.91 Å².